The number of hydrogen-bond acceptors (Lipinski definition) is 4. The number of carbonyl (C=O) groups is 1. The Morgan fingerprint density at radius 2 is 2.53 bits per heavy atom. The number of aliphatic hydroxyl groups is 1. The lowest BCUT2D eigenvalue weighted by Gasteiger charge is -2.07. The molecule has 1 aromatic heterocycles. The molecule has 0 bridgehead atoms. The Hall–Kier alpha value is -1.40. The maximum Gasteiger partial charge on any atom is 0.234 e. The van der Waals surface area contributed by atoms with Gasteiger partial charge in [0.1, 0.15) is 0 Å². The van der Waals surface area contributed by atoms with Crippen LogP contribution in [0.25, 0.3) is 0 Å². The summed E-state index contributed by atoms with van der Waals surface area (Å²) in [4.78, 5) is 10.7. The average Bonchev–Trinajstić information content (AvgIpc) is 2.62. The zero-order chi connectivity index (χ0) is 11.3. The first-order valence-electron chi connectivity index (χ1n) is 4.78. The highest BCUT2D eigenvalue weighted by Crippen LogP contribution is 1.97. The Balaban J connectivity index is 2.40. The van der Waals surface area contributed by atoms with Crippen molar-refractivity contribution < 1.29 is 9.90 Å². The second-order valence-corrected chi connectivity index (χ2v) is 3.34. The number of nitrogens with two attached hydrogens (primary N) is 1. The Kier molecular flexibility index (Phi) is 4.26. The van der Waals surface area contributed by atoms with Crippen LogP contribution in [0, 0.1) is 0 Å². The number of nitrogens with zero attached hydrogens (tertiary/aromatic N) is 2. The molecule has 0 aliphatic heterocycles. The summed E-state index contributed by atoms with van der Waals surface area (Å²) in [5.41, 5.74) is 6.05. The summed E-state index contributed by atoms with van der Waals surface area (Å²) < 4.78 is 1.64. The van der Waals surface area contributed by atoms with E-state index < -0.39 is 0 Å². The molecular formula is C9H16N4O2. The molecule has 0 radical (unpaired) electrons. The predicted octanol–water partition coefficient (Wildman–Crippen LogP) is -1.16. The lowest BCUT2D eigenvalue weighted by atomic mass is 10.3. The molecule has 0 aromatic carbocycles. The van der Waals surface area contributed by atoms with Gasteiger partial charge in [-0.15, -0.1) is 0 Å². The lowest BCUT2D eigenvalue weighted by molar-refractivity contribution is -0.119. The summed E-state index contributed by atoms with van der Waals surface area (Å²) in [5, 5.41) is 15.7. The maximum atomic E-state index is 10.7. The minimum Gasteiger partial charge on any atom is -0.394 e. The molecule has 6 nitrogen and oxygen atoms in total. The third kappa shape index (κ3) is 3.69. The number of amides is 1. The number of rotatable bonds is 6. The lowest BCUT2D eigenvalue weighted by Crippen LogP contribution is -2.38. The van der Waals surface area contributed by atoms with Crippen molar-refractivity contribution in [1.82, 2.24) is 15.1 Å². The summed E-state index contributed by atoms with van der Waals surface area (Å²) in [7, 11) is 0. The van der Waals surface area contributed by atoms with Gasteiger partial charge < -0.3 is 16.2 Å². The zero-order valence-corrected chi connectivity index (χ0v) is 8.68. The molecule has 1 atom stereocenters. The Bertz CT molecular complexity index is 324. The van der Waals surface area contributed by atoms with Gasteiger partial charge in [-0.05, 0) is 6.92 Å². The topological polar surface area (TPSA) is 93.2 Å². The molecule has 4 N–H and O–H groups in total. The molecule has 0 fully saturated rings. The minimum absolute atomic E-state index is 0.0617. The van der Waals surface area contributed by atoms with Crippen molar-refractivity contribution >= 4 is 5.91 Å². The number of nitrogens with one attached hydrogen (secondary N) is 1. The molecule has 0 saturated heterocycles. The summed E-state index contributed by atoms with van der Waals surface area (Å²) in [6.45, 7) is 2.79. The van der Waals surface area contributed by atoms with Crippen molar-refractivity contribution in [1.29, 1.82) is 0 Å². The van der Waals surface area contributed by atoms with E-state index in [1.807, 2.05) is 6.20 Å². The van der Waals surface area contributed by atoms with Gasteiger partial charge in [0.15, 0.2) is 0 Å². The average molecular weight is 212 g/mol. The van der Waals surface area contributed by atoms with Gasteiger partial charge in [-0.2, -0.15) is 5.10 Å². The third-order valence-corrected chi connectivity index (χ3v) is 2.05. The Labute approximate surface area is 88.1 Å². The summed E-state index contributed by atoms with van der Waals surface area (Å²) in [6.07, 6.45) is 3.51. The molecule has 0 saturated carbocycles. The van der Waals surface area contributed by atoms with Gasteiger partial charge in [0.05, 0.1) is 25.4 Å². The van der Waals surface area contributed by atoms with E-state index >= 15 is 0 Å². The van der Waals surface area contributed by atoms with Crippen LogP contribution < -0.4 is 11.1 Å². The van der Waals surface area contributed by atoms with Gasteiger partial charge in [-0.1, -0.05) is 0 Å². The van der Waals surface area contributed by atoms with Crippen molar-refractivity contribution in [2.24, 2.45) is 5.73 Å². The van der Waals surface area contributed by atoms with E-state index in [1.54, 1.807) is 17.8 Å². The second-order valence-electron chi connectivity index (χ2n) is 3.34. The summed E-state index contributed by atoms with van der Waals surface area (Å²) in [5.74, 6) is -0.377. The van der Waals surface area contributed by atoms with E-state index in [4.69, 9.17) is 10.8 Å². The number of aromatic nitrogens is 2. The fourth-order valence-electron chi connectivity index (χ4n) is 1.09. The van der Waals surface area contributed by atoms with Gasteiger partial charge >= 0.3 is 0 Å². The van der Waals surface area contributed by atoms with Gasteiger partial charge in [-0.25, -0.2) is 0 Å². The third-order valence-electron chi connectivity index (χ3n) is 2.05. The van der Waals surface area contributed by atoms with Crippen LogP contribution in [0.15, 0.2) is 12.4 Å². The first-order chi connectivity index (χ1) is 7.13. The largest absolute Gasteiger partial charge is 0.394 e. The van der Waals surface area contributed by atoms with Crippen LogP contribution in [-0.4, -0.2) is 33.4 Å². The SMILES string of the molecule is CC(NCc1cnn(CCO)c1)C(N)=O. The fraction of sp³-hybridized carbons (Fsp3) is 0.556. The molecule has 1 rings (SSSR count). The van der Waals surface area contributed by atoms with E-state index in [9.17, 15) is 4.79 Å². The first kappa shape index (κ1) is 11.7. The Morgan fingerprint density at radius 1 is 1.80 bits per heavy atom. The summed E-state index contributed by atoms with van der Waals surface area (Å²) >= 11 is 0. The van der Waals surface area contributed by atoms with Gasteiger partial charge in [-0.3, -0.25) is 9.48 Å². The van der Waals surface area contributed by atoms with Crippen LogP contribution in [0.2, 0.25) is 0 Å². The number of carbonyl (C=O) groups excluding carboxylic acids is 1. The van der Waals surface area contributed by atoms with Crippen molar-refractivity contribution in [3.63, 3.8) is 0 Å². The second kappa shape index (κ2) is 5.47. The van der Waals surface area contributed by atoms with Crippen LogP contribution in [0.4, 0.5) is 0 Å². The number of aliphatic hydroxyl groups excluding tert-OH is 1. The number of hydrogen-bond donors (Lipinski definition) is 3. The molecule has 1 aromatic rings. The standard InChI is InChI=1S/C9H16N4O2/c1-7(9(10)15)11-4-8-5-12-13(6-8)2-3-14/h5-7,11,14H,2-4H2,1H3,(H2,10,15). The predicted molar refractivity (Wildman–Crippen MR) is 54.8 cm³/mol. The van der Waals surface area contributed by atoms with Crippen molar-refractivity contribution in [3.05, 3.63) is 18.0 Å². The first-order valence-corrected chi connectivity index (χ1v) is 4.78. The van der Waals surface area contributed by atoms with Crippen LogP contribution >= 0.6 is 0 Å². The molecule has 1 unspecified atom stereocenters. The minimum atomic E-state index is -0.377. The van der Waals surface area contributed by atoms with E-state index in [0.717, 1.165) is 5.56 Å². The molecule has 1 amide bonds. The van der Waals surface area contributed by atoms with E-state index in [0.29, 0.717) is 13.1 Å². The van der Waals surface area contributed by atoms with Crippen LogP contribution in [-0.2, 0) is 17.9 Å². The van der Waals surface area contributed by atoms with E-state index in [1.165, 1.54) is 0 Å². The van der Waals surface area contributed by atoms with Gasteiger partial charge in [0, 0.05) is 18.3 Å². The van der Waals surface area contributed by atoms with Crippen LogP contribution in [0.5, 0.6) is 0 Å². The molecule has 0 aliphatic carbocycles. The smallest absolute Gasteiger partial charge is 0.234 e. The van der Waals surface area contributed by atoms with Crippen molar-refractivity contribution in [2.75, 3.05) is 6.61 Å². The maximum absolute atomic E-state index is 10.7. The molecule has 6 heteroatoms. The highest BCUT2D eigenvalue weighted by atomic mass is 16.3. The highest BCUT2D eigenvalue weighted by Gasteiger charge is 2.07. The molecule has 0 aliphatic rings. The van der Waals surface area contributed by atoms with Gasteiger partial charge in [0.2, 0.25) is 5.91 Å². The molecule has 1 heterocycles. The van der Waals surface area contributed by atoms with Crippen molar-refractivity contribution in [2.45, 2.75) is 26.1 Å². The van der Waals surface area contributed by atoms with E-state index in [-0.39, 0.29) is 18.6 Å². The molecule has 15 heavy (non-hydrogen) atoms. The van der Waals surface area contributed by atoms with Crippen LogP contribution in [0.3, 0.4) is 0 Å². The zero-order valence-electron chi connectivity index (χ0n) is 8.68. The Morgan fingerprint density at radius 3 is 3.13 bits per heavy atom. The fourth-order valence-corrected chi connectivity index (χ4v) is 1.09. The molecular weight excluding hydrogens is 196 g/mol. The van der Waals surface area contributed by atoms with Gasteiger partial charge in [0.25, 0.3) is 0 Å². The van der Waals surface area contributed by atoms with Crippen LogP contribution in [0.1, 0.15) is 12.5 Å². The molecule has 84 valence electrons. The summed E-state index contributed by atoms with van der Waals surface area (Å²) in [6, 6.07) is -0.355. The quantitative estimate of drug-likeness (QED) is 0.554. The monoisotopic (exact) mass is 212 g/mol. The molecule has 0 spiro atoms. The number of primary amides is 1. The van der Waals surface area contributed by atoms with Crippen molar-refractivity contribution in [3.8, 4) is 0 Å². The van der Waals surface area contributed by atoms with E-state index in [2.05, 4.69) is 10.4 Å². The highest BCUT2D eigenvalue weighted by molar-refractivity contribution is 5.79. The normalized spacial score (nSPS) is 12.7.